The smallest absolute Gasteiger partial charge is 0.194 e. The van der Waals surface area contributed by atoms with Crippen molar-refractivity contribution in [3.05, 3.63) is 41.0 Å². The molecular formula is C8H5BrFN. The summed E-state index contributed by atoms with van der Waals surface area (Å²) in [6.45, 7) is 6.72. The van der Waals surface area contributed by atoms with Crippen molar-refractivity contribution in [1.82, 2.24) is 0 Å². The van der Waals surface area contributed by atoms with Gasteiger partial charge in [0.15, 0.2) is 5.69 Å². The van der Waals surface area contributed by atoms with Gasteiger partial charge in [-0.3, -0.25) is 0 Å². The summed E-state index contributed by atoms with van der Waals surface area (Å²) in [4.78, 5) is 3.18. The van der Waals surface area contributed by atoms with E-state index in [0.717, 1.165) is 0 Å². The van der Waals surface area contributed by atoms with Crippen LogP contribution in [0.2, 0.25) is 0 Å². The third kappa shape index (κ3) is 1.58. The first-order valence-electron chi connectivity index (χ1n) is 3.00. The quantitative estimate of drug-likeness (QED) is 0.499. The number of nitrogens with zero attached hydrogens (tertiary/aromatic N) is 1. The van der Waals surface area contributed by atoms with Gasteiger partial charge < -0.3 is 0 Å². The van der Waals surface area contributed by atoms with Crippen LogP contribution in [0.3, 0.4) is 0 Å². The Morgan fingerprint density at radius 3 is 2.73 bits per heavy atom. The minimum absolute atomic E-state index is 0.324. The highest BCUT2D eigenvalue weighted by Gasteiger charge is 2.04. The summed E-state index contributed by atoms with van der Waals surface area (Å²) in [6.07, 6.45) is 0. The number of benzene rings is 1. The van der Waals surface area contributed by atoms with Gasteiger partial charge in [0.25, 0.3) is 0 Å². The second-order valence-corrected chi connectivity index (χ2v) is 2.54. The van der Waals surface area contributed by atoms with Gasteiger partial charge in [0.2, 0.25) is 0 Å². The molecule has 0 N–H and O–H groups in total. The van der Waals surface area contributed by atoms with Crippen LogP contribution >= 0.6 is 15.9 Å². The fourth-order valence-corrected chi connectivity index (χ4v) is 1.34. The lowest BCUT2D eigenvalue weighted by atomic mass is 10.2. The molecule has 0 atom stereocenters. The Hall–Kier alpha value is -0.880. The zero-order chi connectivity index (χ0) is 8.27. The Labute approximate surface area is 72.8 Å². The third-order valence-electron chi connectivity index (χ3n) is 1.35. The van der Waals surface area contributed by atoms with E-state index in [1.54, 1.807) is 6.07 Å². The molecule has 0 aliphatic rings. The molecule has 0 saturated carbocycles. The molecule has 11 heavy (non-hydrogen) atoms. The maximum Gasteiger partial charge on any atom is 0.194 e. The van der Waals surface area contributed by atoms with Crippen LogP contribution < -0.4 is 0 Å². The van der Waals surface area contributed by atoms with Crippen molar-refractivity contribution in [3.8, 4) is 0 Å². The molecular weight excluding hydrogens is 209 g/mol. The summed E-state index contributed by atoms with van der Waals surface area (Å²) in [5, 5.41) is 0.386. The standard InChI is InChI=1S/C8H5BrFN/c1-11-8-4-2-3-7(10)6(8)5-9/h2-4H,5H2. The molecule has 1 nitrogen and oxygen atoms in total. The van der Waals surface area contributed by atoms with Crippen molar-refractivity contribution in [2.75, 3.05) is 0 Å². The maximum absolute atomic E-state index is 12.9. The molecule has 1 aromatic carbocycles. The van der Waals surface area contributed by atoms with E-state index in [4.69, 9.17) is 6.57 Å². The van der Waals surface area contributed by atoms with E-state index in [1.165, 1.54) is 12.1 Å². The number of hydrogen-bond donors (Lipinski definition) is 0. The maximum atomic E-state index is 12.9. The molecule has 56 valence electrons. The van der Waals surface area contributed by atoms with E-state index in [1.807, 2.05) is 0 Å². The highest BCUT2D eigenvalue weighted by Crippen LogP contribution is 2.23. The zero-order valence-corrected chi connectivity index (χ0v) is 7.23. The van der Waals surface area contributed by atoms with Crippen molar-refractivity contribution in [2.24, 2.45) is 0 Å². The lowest BCUT2D eigenvalue weighted by Gasteiger charge is -1.99. The molecule has 0 heterocycles. The van der Waals surface area contributed by atoms with Gasteiger partial charge in [-0.2, -0.15) is 0 Å². The van der Waals surface area contributed by atoms with Gasteiger partial charge in [-0.1, -0.05) is 28.1 Å². The molecule has 0 aliphatic carbocycles. The largest absolute Gasteiger partial charge is 0.238 e. The molecule has 1 rings (SSSR count). The molecule has 3 heteroatoms. The average molecular weight is 214 g/mol. The van der Waals surface area contributed by atoms with E-state index >= 15 is 0 Å². The fraction of sp³-hybridized carbons (Fsp3) is 0.125. The third-order valence-corrected chi connectivity index (χ3v) is 1.91. The Morgan fingerprint density at radius 2 is 2.27 bits per heavy atom. The van der Waals surface area contributed by atoms with Crippen LogP contribution in [0.5, 0.6) is 0 Å². The Balaban J connectivity index is 3.27. The van der Waals surface area contributed by atoms with Crippen molar-refractivity contribution in [3.63, 3.8) is 0 Å². The predicted octanol–water partition coefficient (Wildman–Crippen LogP) is 3.27. The molecule has 0 saturated heterocycles. The lowest BCUT2D eigenvalue weighted by Crippen LogP contribution is -1.83. The van der Waals surface area contributed by atoms with Crippen LogP contribution in [0, 0.1) is 12.4 Å². The highest BCUT2D eigenvalue weighted by atomic mass is 79.9. The van der Waals surface area contributed by atoms with Gasteiger partial charge in [-0.05, 0) is 6.07 Å². The number of hydrogen-bond acceptors (Lipinski definition) is 0. The van der Waals surface area contributed by atoms with Gasteiger partial charge in [0.1, 0.15) is 5.82 Å². The summed E-state index contributed by atoms with van der Waals surface area (Å²) in [6, 6.07) is 4.49. The van der Waals surface area contributed by atoms with Gasteiger partial charge >= 0.3 is 0 Å². The van der Waals surface area contributed by atoms with E-state index in [2.05, 4.69) is 20.8 Å². The van der Waals surface area contributed by atoms with Gasteiger partial charge in [0.05, 0.1) is 6.57 Å². The van der Waals surface area contributed by atoms with Gasteiger partial charge in [-0.25, -0.2) is 9.24 Å². The summed E-state index contributed by atoms with van der Waals surface area (Å²) < 4.78 is 12.9. The minimum atomic E-state index is -0.324. The van der Waals surface area contributed by atoms with Crippen molar-refractivity contribution < 1.29 is 4.39 Å². The molecule has 0 aliphatic heterocycles. The Kier molecular flexibility index (Phi) is 2.61. The molecule has 0 bridgehead atoms. The van der Waals surface area contributed by atoms with Crippen LogP contribution in [0.25, 0.3) is 4.85 Å². The molecule has 0 fully saturated rings. The zero-order valence-electron chi connectivity index (χ0n) is 5.64. The molecule has 0 spiro atoms. The minimum Gasteiger partial charge on any atom is -0.238 e. The van der Waals surface area contributed by atoms with Crippen LogP contribution in [-0.2, 0) is 5.33 Å². The SMILES string of the molecule is [C-]#[N+]c1cccc(F)c1CBr. The number of rotatable bonds is 1. The summed E-state index contributed by atoms with van der Waals surface area (Å²) >= 11 is 3.12. The van der Waals surface area contributed by atoms with E-state index in [9.17, 15) is 4.39 Å². The van der Waals surface area contributed by atoms with E-state index in [-0.39, 0.29) is 5.82 Å². The molecule has 0 radical (unpaired) electrons. The Morgan fingerprint density at radius 1 is 1.55 bits per heavy atom. The first kappa shape index (κ1) is 8.22. The van der Waals surface area contributed by atoms with Crippen molar-refractivity contribution in [1.29, 1.82) is 0 Å². The van der Waals surface area contributed by atoms with Crippen LogP contribution in [0.15, 0.2) is 18.2 Å². The molecule has 1 aromatic rings. The second-order valence-electron chi connectivity index (χ2n) is 1.98. The van der Waals surface area contributed by atoms with Gasteiger partial charge in [-0.15, -0.1) is 0 Å². The van der Waals surface area contributed by atoms with Crippen molar-refractivity contribution >= 4 is 21.6 Å². The molecule has 0 amide bonds. The normalized spacial score (nSPS) is 9.18. The summed E-state index contributed by atoms with van der Waals surface area (Å²) in [5.41, 5.74) is 0.810. The first-order chi connectivity index (χ1) is 5.29. The fourth-order valence-electron chi connectivity index (χ4n) is 0.784. The molecule has 0 unspecified atom stereocenters. The lowest BCUT2D eigenvalue weighted by molar-refractivity contribution is 0.619. The average Bonchev–Trinajstić information content (AvgIpc) is 2.04. The topological polar surface area (TPSA) is 4.36 Å². The monoisotopic (exact) mass is 213 g/mol. The summed E-state index contributed by atoms with van der Waals surface area (Å²) in [7, 11) is 0. The molecule has 0 aromatic heterocycles. The van der Waals surface area contributed by atoms with Crippen LogP contribution in [0.1, 0.15) is 5.56 Å². The first-order valence-corrected chi connectivity index (χ1v) is 4.12. The van der Waals surface area contributed by atoms with Crippen molar-refractivity contribution in [2.45, 2.75) is 5.33 Å². The van der Waals surface area contributed by atoms with Crippen LogP contribution in [0.4, 0.5) is 10.1 Å². The Bertz CT molecular complexity index is 303. The van der Waals surface area contributed by atoms with Crippen LogP contribution in [-0.4, -0.2) is 0 Å². The van der Waals surface area contributed by atoms with Gasteiger partial charge in [0, 0.05) is 10.9 Å². The summed E-state index contributed by atoms with van der Waals surface area (Å²) in [5.74, 6) is -0.324. The van der Waals surface area contributed by atoms with E-state index in [0.29, 0.717) is 16.6 Å². The predicted molar refractivity (Wildman–Crippen MR) is 45.3 cm³/mol. The highest BCUT2D eigenvalue weighted by molar-refractivity contribution is 9.08. The number of halogens is 2. The second kappa shape index (κ2) is 3.49. The van der Waals surface area contributed by atoms with E-state index < -0.39 is 0 Å². The number of alkyl halides is 1.